The second-order valence-corrected chi connectivity index (χ2v) is 3.58. The summed E-state index contributed by atoms with van der Waals surface area (Å²) in [4.78, 5) is 0. The summed E-state index contributed by atoms with van der Waals surface area (Å²) in [7, 11) is 0. The Morgan fingerprint density at radius 3 is 2.93 bits per heavy atom. The van der Waals surface area contributed by atoms with Gasteiger partial charge in [-0.2, -0.15) is 10.2 Å². The summed E-state index contributed by atoms with van der Waals surface area (Å²) in [6.45, 7) is 2.69. The topological polar surface area (TPSA) is 83.4 Å². The fourth-order valence-electron chi connectivity index (χ4n) is 1.53. The van der Waals surface area contributed by atoms with Gasteiger partial charge in [-0.15, -0.1) is 0 Å². The number of H-pyrrole nitrogens is 2. The van der Waals surface area contributed by atoms with Gasteiger partial charge in [0.15, 0.2) is 0 Å². The molecule has 0 bridgehead atoms. The number of hydrogen-bond acceptors (Lipinski definition) is 3. The fourth-order valence-corrected chi connectivity index (χ4v) is 1.53. The van der Waals surface area contributed by atoms with E-state index in [2.05, 4.69) is 20.4 Å². The van der Waals surface area contributed by atoms with Crippen LogP contribution in [-0.2, 0) is 6.42 Å². The van der Waals surface area contributed by atoms with Crippen LogP contribution >= 0.6 is 0 Å². The Balaban J connectivity index is 2.17. The molecule has 2 rings (SSSR count). The molecule has 0 aliphatic carbocycles. The predicted octanol–water partition coefficient (Wildman–Crippen LogP) is 1.000. The number of rotatable bonds is 4. The number of aryl methyl sites for hydroxylation is 2. The summed E-state index contributed by atoms with van der Waals surface area (Å²) < 4.78 is 0. The van der Waals surface area contributed by atoms with Crippen LogP contribution in [0.25, 0.3) is 11.3 Å². The number of aromatic nitrogens is 4. The lowest BCUT2D eigenvalue weighted by Gasteiger charge is -1.92. The summed E-state index contributed by atoms with van der Waals surface area (Å²) in [5, 5.41) is 14.1. The first-order chi connectivity index (χ1) is 7.31. The Labute approximate surface area is 88.1 Å². The fraction of sp³-hybridized carbons (Fsp3) is 0.400. The van der Waals surface area contributed by atoms with Crippen LogP contribution in [0.3, 0.4) is 0 Å². The third-order valence-electron chi connectivity index (χ3n) is 2.39. The highest BCUT2D eigenvalue weighted by molar-refractivity contribution is 5.60. The van der Waals surface area contributed by atoms with Crippen molar-refractivity contribution in [3.05, 3.63) is 23.7 Å². The van der Waals surface area contributed by atoms with Crippen molar-refractivity contribution in [3.8, 4) is 11.3 Å². The maximum Gasteiger partial charge on any atom is 0.0957 e. The van der Waals surface area contributed by atoms with E-state index in [-0.39, 0.29) is 0 Å². The number of hydrogen-bond donors (Lipinski definition) is 3. The number of aromatic amines is 2. The van der Waals surface area contributed by atoms with E-state index in [4.69, 9.17) is 5.73 Å². The van der Waals surface area contributed by atoms with Gasteiger partial charge in [-0.05, 0) is 32.4 Å². The normalized spacial score (nSPS) is 10.8. The maximum absolute atomic E-state index is 5.45. The quantitative estimate of drug-likeness (QED) is 0.696. The molecule has 0 aromatic carbocycles. The highest BCUT2D eigenvalue weighted by atomic mass is 15.1. The van der Waals surface area contributed by atoms with Gasteiger partial charge in [-0.1, -0.05) is 0 Å². The van der Waals surface area contributed by atoms with E-state index in [1.807, 2.05) is 13.0 Å². The van der Waals surface area contributed by atoms with Crippen molar-refractivity contribution in [1.29, 1.82) is 0 Å². The van der Waals surface area contributed by atoms with Crippen LogP contribution in [0.2, 0.25) is 0 Å². The highest BCUT2D eigenvalue weighted by Gasteiger charge is 2.07. The molecular formula is C10H15N5. The number of nitrogens with zero attached hydrogens (tertiary/aromatic N) is 2. The Morgan fingerprint density at radius 1 is 1.40 bits per heavy atom. The van der Waals surface area contributed by atoms with E-state index in [0.717, 1.165) is 35.5 Å². The lowest BCUT2D eigenvalue weighted by Crippen LogP contribution is -2.00. The van der Waals surface area contributed by atoms with E-state index >= 15 is 0 Å². The number of nitrogens with two attached hydrogens (primary N) is 1. The van der Waals surface area contributed by atoms with Crippen molar-refractivity contribution in [3.63, 3.8) is 0 Å². The zero-order chi connectivity index (χ0) is 10.7. The first-order valence-electron chi connectivity index (χ1n) is 5.06. The van der Waals surface area contributed by atoms with E-state index in [0.29, 0.717) is 6.54 Å². The maximum atomic E-state index is 5.45. The van der Waals surface area contributed by atoms with Crippen LogP contribution in [0, 0.1) is 6.92 Å². The molecule has 0 fully saturated rings. The van der Waals surface area contributed by atoms with E-state index in [1.54, 1.807) is 6.20 Å². The van der Waals surface area contributed by atoms with Gasteiger partial charge in [0, 0.05) is 17.0 Å². The van der Waals surface area contributed by atoms with Crippen molar-refractivity contribution >= 4 is 0 Å². The minimum absolute atomic E-state index is 0.707. The molecule has 0 saturated heterocycles. The molecule has 2 heterocycles. The minimum Gasteiger partial charge on any atom is -0.330 e. The second-order valence-electron chi connectivity index (χ2n) is 3.58. The van der Waals surface area contributed by atoms with Crippen LogP contribution in [0.5, 0.6) is 0 Å². The van der Waals surface area contributed by atoms with Gasteiger partial charge < -0.3 is 5.73 Å². The molecule has 0 aliphatic rings. The van der Waals surface area contributed by atoms with E-state index in [1.165, 1.54) is 0 Å². The van der Waals surface area contributed by atoms with Gasteiger partial charge in [0.25, 0.3) is 0 Å². The van der Waals surface area contributed by atoms with Crippen LogP contribution in [0.15, 0.2) is 12.3 Å². The summed E-state index contributed by atoms with van der Waals surface area (Å²) in [5.41, 5.74) is 9.59. The van der Waals surface area contributed by atoms with Gasteiger partial charge in [-0.25, -0.2) is 0 Å². The zero-order valence-corrected chi connectivity index (χ0v) is 8.75. The molecular weight excluding hydrogens is 190 g/mol. The van der Waals surface area contributed by atoms with Crippen molar-refractivity contribution < 1.29 is 0 Å². The number of nitrogens with one attached hydrogen (secondary N) is 2. The molecule has 0 radical (unpaired) electrons. The molecule has 0 atom stereocenters. The lowest BCUT2D eigenvalue weighted by molar-refractivity contribution is 0.804. The molecule has 0 amide bonds. The van der Waals surface area contributed by atoms with Crippen LogP contribution in [-0.4, -0.2) is 26.9 Å². The first kappa shape index (κ1) is 9.92. The van der Waals surface area contributed by atoms with Gasteiger partial charge in [-0.3, -0.25) is 10.2 Å². The second kappa shape index (κ2) is 4.27. The van der Waals surface area contributed by atoms with Gasteiger partial charge in [0.2, 0.25) is 0 Å². The molecule has 0 spiro atoms. The lowest BCUT2D eigenvalue weighted by atomic mass is 10.1. The summed E-state index contributed by atoms with van der Waals surface area (Å²) >= 11 is 0. The Kier molecular flexibility index (Phi) is 2.82. The highest BCUT2D eigenvalue weighted by Crippen LogP contribution is 2.19. The molecule has 2 aromatic rings. The van der Waals surface area contributed by atoms with Crippen molar-refractivity contribution in [2.75, 3.05) is 6.54 Å². The summed E-state index contributed by atoms with van der Waals surface area (Å²) in [6.07, 6.45) is 3.71. The molecule has 5 heteroatoms. The van der Waals surface area contributed by atoms with Gasteiger partial charge in [0.1, 0.15) is 0 Å². The van der Waals surface area contributed by atoms with Crippen molar-refractivity contribution in [2.24, 2.45) is 5.73 Å². The van der Waals surface area contributed by atoms with Crippen molar-refractivity contribution in [1.82, 2.24) is 20.4 Å². The predicted molar refractivity (Wildman–Crippen MR) is 58.3 cm³/mol. The third-order valence-corrected chi connectivity index (χ3v) is 2.39. The van der Waals surface area contributed by atoms with Crippen LogP contribution < -0.4 is 5.73 Å². The summed E-state index contributed by atoms with van der Waals surface area (Å²) in [6, 6.07) is 2.05. The summed E-state index contributed by atoms with van der Waals surface area (Å²) in [5.74, 6) is 0. The average molecular weight is 205 g/mol. The molecule has 15 heavy (non-hydrogen) atoms. The molecule has 0 aliphatic heterocycles. The Hall–Kier alpha value is -1.62. The molecule has 4 N–H and O–H groups in total. The van der Waals surface area contributed by atoms with Crippen LogP contribution in [0.4, 0.5) is 0 Å². The smallest absolute Gasteiger partial charge is 0.0957 e. The zero-order valence-electron chi connectivity index (χ0n) is 8.75. The largest absolute Gasteiger partial charge is 0.330 e. The standard InChI is InChI=1S/C10H15N5/c1-7-9(6-12-13-7)10-5-8(14-15-10)3-2-4-11/h5-6H,2-4,11H2,1H3,(H,12,13)(H,14,15). The molecule has 5 nitrogen and oxygen atoms in total. The van der Waals surface area contributed by atoms with Crippen LogP contribution in [0.1, 0.15) is 17.8 Å². The van der Waals surface area contributed by atoms with Gasteiger partial charge >= 0.3 is 0 Å². The van der Waals surface area contributed by atoms with Crippen molar-refractivity contribution in [2.45, 2.75) is 19.8 Å². The third kappa shape index (κ3) is 2.07. The molecule has 0 unspecified atom stereocenters. The monoisotopic (exact) mass is 205 g/mol. The molecule has 80 valence electrons. The van der Waals surface area contributed by atoms with E-state index in [9.17, 15) is 0 Å². The average Bonchev–Trinajstić information content (AvgIpc) is 2.83. The van der Waals surface area contributed by atoms with E-state index < -0.39 is 0 Å². The molecule has 2 aromatic heterocycles. The van der Waals surface area contributed by atoms with Gasteiger partial charge in [0.05, 0.1) is 11.9 Å². The first-order valence-corrected chi connectivity index (χ1v) is 5.06. The minimum atomic E-state index is 0.707. The Morgan fingerprint density at radius 2 is 2.27 bits per heavy atom. The SMILES string of the molecule is Cc1[nH]ncc1-c1cc(CCCN)[nH]n1. The molecule has 0 saturated carbocycles. The Bertz CT molecular complexity index is 428.